The molecule has 53 heavy (non-hydrogen) atoms. The number of carbonyl (C=O) groups excluding carboxylic acids is 1. The van der Waals surface area contributed by atoms with E-state index in [1.807, 2.05) is 0 Å². The Morgan fingerprint density at radius 1 is 0.792 bits per heavy atom. The predicted octanol–water partition coefficient (Wildman–Crippen LogP) is 11.7. The number of benzene rings is 2. The molecule has 4 nitrogen and oxygen atoms in total. The summed E-state index contributed by atoms with van der Waals surface area (Å²) in [5, 5.41) is 0. The maximum absolute atomic E-state index is 13.6. The van der Waals surface area contributed by atoms with E-state index in [1.165, 1.54) is 68.9 Å². The van der Waals surface area contributed by atoms with Gasteiger partial charge in [0, 0.05) is 19.5 Å². The van der Waals surface area contributed by atoms with E-state index in [0.717, 1.165) is 93.9 Å². The van der Waals surface area contributed by atoms with E-state index in [2.05, 4.69) is 118 Å². The highest BCUT2D eigenvalue weighted by Crippen LogP contribution is 2.67. The van der Waals surface area contributed by atoms with Crippen LogP contribution in [0.1, 0.15) is 136 Å². The van der Waals surface area contributed by atoms with Crippen molar-refractivity contribution in [1.29, 1.82) is 0 Å². The van der Waals surface area contributed by atoms with Gasteiger partial charge in [-0.25, -0.2) is 0 Å². The molecule has 0 unspecified atom stereocenters. The molecule has 0 radical (unpaired) electrons. The van der Waals surface area contributed by atoms with Crippen LogP contribution in [0.3, 0.4) is 0 Å². The van der Waals surface area contributed by atoms with Gasteiger partial charge < -0.3 is 4.74 Å². The summed E-state index contributed by atoms with van der Waals surface area (Å²) < 4.78 is 6.36. The summed E-state index contributed by atoms with van der Waals surface area (Å²) in [5.41, 5.74) is 5.04. The summed E-state index contributed by atoms with van der Waals surface area (Å²) in [4.78, 5) is 18.5. The molecule has 0 saturated heterocycles. The highest BCUT2D eigenvalue weighted by atomic mass is 16.5. The first kappa shape index (κ1) is 40.2. The zero-order valence-corrected chi connectivity index (χ0v) is 34.5. The molecule has 0 heterocycles. The van der Waals surface area contributed by atoms with Crippen molar-refractivity contribution >= 4 is 5.97 Å². The van der Waals surface area contributed by atoms with Gasteiger partial charge in [0.1, 0.15) is 6.10 Å². The number of allylic oxidation sites excluding steroid dienone is 1. The molecule has 3 saturated carbocycles. The number of ether oxygens (including phenoxy) is 1. The minimum absolute atomic E-state index is 0.0180. The van der Waals surface area contributed by atoms with Crippen LogP contribution in [0.5, 0.6) is 0 Å². The maximum atomic E-state index is 13.6. The van der Waals surface area contributed by atoms with Crippen LogP contribution in [-0.4, -0.2) is 48.1 Å². The fourth-order valence-corrected chi connectivity index (χ4v) is 12.1. The second-order valence-electron chi connectivity index (χ2n) is 18.9. The number of unbranched alkanes of at least 4 members (excludes halogenated alkanes) is 1. The molecule has 3 fully saturated rings. The summed E-state index contributed by atoms with van der Waals surface area (Å²) in [7, 11) is 0. The van der Waals surface area contributed by atoms with Crippen LogP contribution >= 0.6 is 0 Å². The molecular weight excluding hydrogens is 649 g/mol. The molecule has 4 heteroatoms. The average Bonchev–Trinajstić information content (AvgIpc) is 3.51. The molecule has 0 bridgehead atoms. The highest BCUT2D eigenvalue weighted by Gasteiger charge is 2.59. The Balaban J connectivity index is 1.02. The minimum atomic E-state index is -0.0453. The molecule has 2 aromatic carbocycles. The number of hydrogen-bond acceptors (Lipinski definition) is 4. The van der Waals surface area contributed by atoms with Crippen molar-refractivity contribution < 1.29 is 9.53 Å². The number of rotatable bonds is 18. The molecule has 0 aliphatic heterocycles. The van der Waals surface area contributed by atoms with Gasteiger partial charge in [0.15, 0.2) is 0 Å². The summed E-state index contributed by atoms with van der Waals surface area (Å²) in [5.74, 6) is 5.06. The lowest BCUT2D eigenvalue weighted by molar-refractivity contribution is -0.153. The molecule has 0 N–H and O–H groups in total. The van der Waals surface area contributed by atoms with Crippen molar-refractivity contribution in [3.05, 3.63) is 83.4 Å². The van der Waals surface area contributed by atoms with Gasteiger partial charge in [0.25, 0.3) is 0 Å². The zero-order valence-electron chi connectivity index (χ0n) is 34.5. The van der Waals surface area contributed by atoms with Crippen molar-refractivity contribution in [2.24, 2.45) is 46.3 Å². The van der Waals surface area contributed by atoms with Gasteiger partial charge >= 0.3 is 5.97 Å². The smallest absolute Gasteiger partial charge is 0.320 e. The van der Waals surface area contributed by atoms with Gasteiger partial charge in [-0.15, -0.1) is 0 Å². The van der Waals surface area contributed by atoms with Crippen molar-refractivity contribution in [3.8, 4) is 0 Å². The summed E-state index contributed by atoms with van der Waals surface area (Å²) in [6.07, 6.45) is 19.1. The Bertz CT molecular complexity index is 1460. The van der Waals surface area contributed by atoms with Crippen LogP contribution in [0.25, 0.3) is 0 Å². The van der Waals surface area contributed by atoms with E-state index >= 15 is 0 Å². The van der Waals surface area contributed by atoms with Gasteiger partial charge in [0.05, 0.1) is 6.54 Å². The highest BCUT2D eigenvalue weighted by molar-refractivity contribution is 5.72. The molecule has 0 aromatic heterocycles. The number of fused-ring (bicyclic) bond motifs is 5. The van der Waals surface area contributed by atoms with Crippen LogP contribution in [0.2, 0.25) is 0 Å². The first-order chi connectivity index (χ1) is 25.6. The van der Waals surface area contributed by atoms with Crippen LogP contribution in [0, 0.1) is 46.3 Å². The molecule has 292 valence electrons. The first-order valence-electron chi connectivity index (χ1n) is 22.0. The number of esters is 1. The molecule has 0 amide bonds. The van der Waals surface area contributed by atoms with E-state index < -0.39 is 0 Å². The number of carbonyl (C=O) groups is 1. The van der Waals surface area contributed by atoms with Crippen LogP contribution in [0.4, 0.5) is 0 Å². The second kappa shape index (κ2) is 18.5. The normalized spacial score (nSPS) is 30.1. The molecule has 8 atom stereocenters. The molecule has 0 spiro atoms. The monoisotopic (exact) mass is 723 g/mol. The van der Waals surface area contributed by atoms with Crippen molar-refractivity contribution in [2.45, 2.75) is 144 Å². The quantitative estimate of drug-likeness (QED) is 0.0871. The maximum Gasteiger partial charge on any atom is 0.320 e. The number of hydrogen-bond donors (Lipinski definition) is 0. The van der Waals surface area contributed by atoms with E-state index in [9.17, 15) is 4.79 Å². The fraction of sp³-hybridized carbons (Fsp3) is 0.694. The van der Waals surface area contributed by atoms with Gasteiger partial charge in [0.2, 0.25) is 0 Å². The molecule has 4 aliphatic rings. The molecule has 2 aromatic rings. The Morgan fingerprint density at radius 3 is 2.11 bits per heavy atom. The van der Waals surface area contributed by atoms with Gasteiger partial charge in [-0.05, 0) is 135 Å². The third kappa shape index (κ3) is 9.88. The molecule has 6 rings (SSSR count). The first-order valence-corrected chi connectivity index (χ1v) is 22.0. The predicted molar refractivity (Wildman–Crippen MR) is 221 cm³/mol. The standard InChI is InChI=1S/C49H74N2O2/c1-7-50(34-39-19-10-8-11-20-39)31-14-15-32-51(35-40-21-12-9-13-22-40)36-47(52)53-42-27-29-48(5)41(33-42)23-24-43-45-26-25-44(38(4)18-16-17-37(2)3)49(45,6)30-28-46(43)48/h8-13,19-23,37-38,42-46H,7,14-18,24-36H2,1-6H3/t38-,42+,43+,44-,45+,46+,48+,49-/m1/s1. The van der Waals surface area contributed by atoms with Crippen LogP contribution in [0.15, 0.2) is 72.3 Å². The lowest BCUT2D eigenvalue weighted by atomic mass is 9.47. The van der Waals surface area contributed by atoms with E-state index in [4.69, 9.17) is 4.74 Å². The van der Waals surface area contributed by atoms with E-state index in [1.54, 1.807) is 5.57 Å². The molecular formula is C49H74N2O2. The van der Waals surface area contributed by atoms with E-state index in [-0.39, 0.29) is 17.5 Å². The Hall–Kier alpha value is -2.43. The summed E-state index contributed by atoms with van der Waals surface area (Å²) >= 11 is 0. The minimum Gasteiger partial charge on any atom is -0.461 e. The van der Waals surface area contributed by atoms with Crippen molar-refractivity contribution in [3.63, 3.8) is 0 Å². The lowest BCUT2D eigenvalue weighted by Crippen LogP contribution is -2.51. The number of nitrogens with zero attached hydrogens (tertiary/aromatic N) is 2. The lowest BCUT2D eigenvalue weighted by Gasteiger charge is -2.58. The summed E-state index contributed by atoms with van der Waals surface area (Å²) in [6.45, 7) is 20.1. The average molecular weight is 723 g/mol. The van der Waals surface area contributed by atoms with Crippen molar-refractivity contribution in [2.75, 3.05) is 26.2 Å². The second-order valence-corrected chi connectivity index (χ2v) is 18.9. The van der Waals surface area contributed by atoms with Gasteiger partial charge in [-0.2, -0.15) is 0 Å². The molecule has 4 aliphatic carbocycles. The largest absolute Gasteiger partial charge is 0.461 e. The van der Waals surface area contributed by atoms with Crippen LogP contribution < -0.4 is 0 Å². The SMILES string of the molecule is CCN(CCCCN(CC(=O)O[C@H]1CC[C@@]2(C)C(=CC[C@H]3[C@@H]4CC[C@H]([C@H](C)CCCC(C)C)[C@@]4(C)CC[C@@H]32)C1)Cc1ccccc1)Cc1ccccc1. The Labute approximate surface area is 324 Å². The van der Waals surface area contributed by atoms with Gasteiger partial charge in [-0.3, -0.25) is 14.6 Å². The third-order valence-corrected chi connectivity index (χ3v) is 15.1. The fourth-order valence-electron chi connectivity index (χ4n) is 12.1. The zero-order chi connectivity index (χ0) is 37.4. The Kier molecular flexibility index (Phi) is 14.0. The van der Waals surface area contributed by atoms with Gasteiger partial charge in [-0.1, -0.05) is 133 Å². The van der Waals surface area contributed by atoms with E-state index in [0.29, 0.717) is 12.0 Å². The Morgan fingerprint density at radius 2 is 1.45 bits per heavy atom. The summed E-state index contributed by atoms with van der Waals surface area (Å²) in [6, 6.07) is 21.4. The third-order valence-electron chi connectivity index (χ3n) is 15.1. The van der Waals surface area contributed by atoms with Crippen molar-refractivity contribution in [1.82, 2.24) is 9.80 Å². The topological polar surface area (TPSA) is 32.8 Å². The van der Waals surface area contributed by atoms with Crippen LogP contribution in [-0.2, 0) is 22.6 Å².